The molecule has 2 heterocycles. The van der Waals surface area contributed by atoms with Crippen LogP contribution in [0.4, 0.5) is 5.00 Å². The van der Waals surface area contributed by atoms with E-state index in [2.05, 4.69) is 15.5 Å². The third-order valence-corrected chi connectivity index (χ3v) is 7.26. The van der Waals surface area contributed by atoms with Crippen LogP contribution in [-0.4, -0.2) is 51.6 Å². The van der Waals surface area contributed by atoms with E-state index in [-0.39, 0.29) is 46.9 Å². The molecule has 12 heteroatoms. The van der Waals surface area contributed by atoms with Gasteiger partial charge < -0.3 is 24.1 Å². The average Bonchev–Trinajstić information content (AvgIpc) is 3.36. The van der Waals surface area contributed by atoms with E-state index in [1.165, 1.54) is 11.8 Å². The van der Waals surface area contributed by atoms with E-state index in [0.29, 0.717) is 16.5 Å². The Morgan fingerprint density at radius 2 is 1.75 bits per heavy atom. The van der Waals surface area contributed by atoms with Gasteiger partial charge in [0.2, 0.25) is 5.91 Å². The largest absolute Gasteiger partial charge is 0.485 e. The fourth-order valence-corrected chi connectivity index (χ4v) is 5.03. The molecule has 0 fully saturated rings. The normalized spacial score (nSPS) is 10.7. The van der Waals surface area contributed by atoms with Gasteiger partial charge >= 0.3 is 11.9 Å². The maximum Gasteiger partial charge on any atom is 0.348 e. The van der Waals surface area contributed by atoms with Crippen molar-refractivity contribution in [1.82, 2.24) is 14.8 Å². The van der Waals surface area contributed by atoms with Crippen molar-refractivity contribution in [2.45, 2.75) is 39.5 Å². The highest BCUT2D eigenvalue weighted by Crippen LogP contribution is 2.34. The lowest BCUT2D eigenvalue weighted by molar-refractivity contribution is -0.113. The first-order chi connectivity index (χ1) is 17.3. The molecule has 0 spiro atoms. The lowest BCUT2D eigenvalue weighted by atomic mass is 10.1. The van der Waals surface area contributed by atoms with E-state index in [0.717, 1.165) is 22.6 Å². The molecule has 192 valence electrons. The second-order valence-electron chi connectivity index (χ2n) is 7.55. The first-order valence-corrected chi connectivity index (χ1v) is 13.0. The van der Waals surface area contributed by atoms with E-state index >= 15 is 0 Å². The summed E-state index contributed by atoms with van der Waals surface area (Å²) in [5, 5.41) is 11.8. The SMILES string of the molecule is CCOC(=O)c1sc(NC(=O)CSc2nnc(COc3ccccc3C)n2C)c(C(=O)OCC)c1C. The maximum absolute atomic E-state index is 12.7. The molecule has 1 N–H and O–H groups in total. The summed E-state index contributed by atoms with van der Waals surface area (Å²) in [6.45, 7) is 7.55. The minimum absolute atomic E-state index is 0.0125. The number of thiophene rings is 1. The van der Waals surface area contributed by atoms with Gasteiger partial charge in [-0.1, -0.05) is 30.0 Å². The maximum atomic E-state index is 12.7. The Hall–Kier alpha value is -3.38. The van der Waals surface area contributed by atoms with Gasteiger partial charge in [-0.25, -0.2) is 9.59 Å². The van der Waals surface area contributed by atoms with Crippen LogP contribution in [0, 0.1) is 13.8 Å². The van der Waals surface area contributed by atoms with Gasteiger partial charge in [0, 0.05) is 7.05 Å². The number of aromatic nitrogens is 3. The number of aryl methyl sites for hydroxylation is 1. The summed E-state index contributed by atoms with van der Waals surface area (Å²) >= 11 is 2.17. The molecule has 0 radical (unpaired) electrons. The van der Waals surface area contributed by atoms with Crippen LogP contribution < -0.4 is 10.1 Å². The highest BCUT2D eigenvalue weighted by Gasteiger charge is 2.27. The molecule has 0 bridgehead atoms. The fraction of sp³-hybridized carbons (Fsp3) is 0.375. The summed E-state index contributed by atoms with van der Waals surface area (Å²) in [6.07, 6.45) is 0. The van der Waals surface area contributed by atoms with Crippen molar-refractivity contribution < 1.29 is 28.6 Å². The molecular formula is C24H28N4O6S2. The lowest BCUT2D eigenvalue weighted by Gasteiger charge is -2.09. The number of rotatable bonds is 11. The number of carbonyl (C=O) groups is 3. The zero-order valence-electron chi connectivity index (χ0n) is 20.7. The van der Waals surface area contributed by atoms with Gasteiger partial charge in [0.1, 0.15) is 22.2 Å². The van der Waals surface area contributed by atoms with Crippen LogP contribution in [0.3, 0.4) is 0 Å². The second-order valence-corrected chi connectivity index (χ2v) is 9.51. The second kappa shape index (κ2) is 12.5. The quantitative estimate of drug-likeness (QED) is 0.287. The molecule has 0 aliphatic carbocycles. The first-order valence-electron chi connectivity index (χ1n) is 11.2. The van der Waals surface area contributed by atoms with Crippen molar-refractivity contribution in [1.29, 1.82) is 0 Å². The molecule has 0 unspecified atom stereocenters. The smallest absolute Gasteiger partial charge is 0.348 e. The number of hydrogen-bond acceptors (Lipinski definition) is 10. The molecule has 0 atom stereocenters. The van der Waals surface area contributed by atoms with Crippen LogP contribution in [-0.2, 0) is 27.9 Å². The molecule has 1 aromatic carbocycles. The Morgan fingerprint density at radius 3 is 2.44 bits per heavy atom. The molecule has 36 heavy (non-hydrogen) atoms. The zero-order chi connectivity index (χ0) is 26.2. The van der Waals surface area contributed by atoms with Crippen molar-refractivity contribution in [3.63, 3.8) is 0 Å². The molecule has 10 nitrogen and oxygen atoms in total. The van der Waals surface area contributed by atoms with E-state index in [4.69, 9.17) is 14.2 Å². The van der Waals surface area contributed by atoms with Crippen LogP contribution in [0.25, 0.3) is 0 Å². The number of esters is 2. The Morgan fingerprint density at radius 1 is 1.06 bits per heavy atom. The van der Waals surface area contributed by atoms with Gasteiger partial charge in [-0.2, -0.15) is 0 Å². The van der Waals surface area contributed by atoms with Crippen LogP contribution in [0.5, 0.6) is 5.75 Å². The number of thioether (sulfide) groups is 1. The molecule has 2 aromatic heterocycles. The molecule has 0 saturated heterocycles. The average molecular weight is 533 g/mol. The number of carbonyl (C=O) groups excluding carboxylic acids is 3. The number of nitrogens with zero attached hydrogens (tertiary/aromatic N) is 3. The number of benzene rings is 1. The number of nitrogens with one attached hydrogen (secondary N) is 1. The van der Waals surface area contributed by atoms with E-state index < -0.39 is 11.9 Å². The van der Waals surface area contributed by atoms with Crippen LogP contribution in [0.2, 0.25) is 0 Å². The number of anilines is 1. The number of amides is 1. The van der Waals surface area contributed by atoms with E-state index in [9.17, 15) is 14.4 Å². The monoisotopic (exact) mass is 532 g/mol. The summed E-state index contributed by atoms with van der Waals surface area (Å²) in [4.78, 5) is 37.8. The van der Waals surface area contributed by atoms with E-state index in [1.807, 2.05) is 31.2 Å². The van der Waals surface area contributed by atoms with Crippen molar-refractivity contribution in [3.05, 3.63) is 51.7 Å². The molecule has 3 aromatic rings. The van der Waals surface area contributed by atoms with Gasteiger partial charge in [-0.15, -0.1) is 21.5 Å². The van der Waals surface area contributed by atoms with Crippen LogP contribution >= 0.6 is 23.1 Å². The lowest BCUT2D eigenvalue weighted by Crippen LogP contribution is -2.17. The number of hydrogen-bond donors (Lipinski definition) is 1. The topological polar surface area (TPSA) is 122 Å². The Labute approximate surface area is 217 Å². The zero-order valence-corrected chi connectivity index (χ0v) is 22.4. The van der Waals surface area contributed by atoms with Gasteiger partial charge in [-0.05, 0) is 44.9 Å². The van der Waals surface area contributed by atoms with Crippen molar-refractivity contribution >= 4 is 45.9 Å². The van der Waals surface area contributed by atoms with Gasteiger partial charge in [0.15, 0.2) is 11.0 Å². The van der Waals surface area contributed by atoms with E-state index in [1.54, 1.807) is 32.4 Å². The summed E-state index contributed by atoms with van der Waals surface area (Å²) in [5.74, 6) is -0.156. The molecular weight excluding hydrogens is 504 g/mol. The highest BCUT2D eigenvalue weighted by molar-refractivity contribution is 7.99. The summed E-state index contributed by atoms with van der Waals surface area (Å²) in [7, 11) is 1.80. The van der Waals surface area contributed by atoms with Gasteiger partial charge in [0.05, 0.1) is 24.5 Å². The summed E-state index contributed by atoms with van der Waals surface area (Å²) in [5.41, 5.74) is 1.58. The van der Waals surface area contributed by atoms with Gasteiger partial charge in [-0.3, -0.25) is 4.79 Å². The minimum Gasteiger partial charge on any atom is -0.485 e. The number of ether oxygens (including phenoxy) is 3. The molecule has 3 rings (SSSR count). The van der Waals surface area contributed by atoms with Gasteiger partial charge in [0.25, 0.3) is 0 Å². The standard InChI is InChI=1S/C24H28N4O6S2/c1-6-32-22(30)19-15(4)20(23(31)33-7-2)36-21(19)25-18(29)13-35-24-27-26-17(28(24)5)12-34-16-11-9-8-10-14(16)3/h8-11H,6-7,12-13H2,1-5H3,(H,25,29). The van der Waals surface area contributed by atoms with Crippen LogP contribution in [0.1, 0.15) is 50.8 Å². The van der Waals surface area contributed by atoms with Crippen molar-refractivity contribution in [2.24, 2.45) is 7.05 Å². The van der Waals surface area contributed by atoms with Crippen molar-refractivity contribution in [2.75, 3.05) is 24.3 Å². The predicted molar refractivity (Wildman–Crippen MR) is 137 cm³/mol. The Bertz CT molecular complexity index is 1250. The third-order valence-electron chi connectivity index (χ3n) is 5.05. The molecule has 0 aliphatic rings. The highest BCUT2D eigenvalue weighted by atomic mass is 32.2. The first kappa shape index (κ1) is 27.2. The van der Waals surface area contributed by atoms with Crippen molar-refractivity contribution in [3.8, 4) is 5.75 Å². The van der Waals surface area contributed by atoms with Crippen LogP contribution in [0.15, 0.2) is 29.4 Å². The Kier molecular flexibility index (Phi) is 9.48. The summed E-state index contributed by atoms with van der Waals surface area (Å²) in [6, 6.07) is 7.69. The minimum atomic E-state index is -0.614. The molecule has 0 saturated carbocycles. The predicted octanol–water partition coefficient (Wildman–Crippen LogP) is 4.16. The molecule has 1 amide bonds. The fourth-order valence-electron chi connectivity index (χ4n) is 3.19. The third kappa shape index (κ3) is 6.43. The number of para-hydroxylation sites is 1. The Balaban J connectivity index is 1.67. The molecule has 0 aliphatic heterocycles. The summed E-state index contributed by atoms with van der Waals surface area (Å²) < 4.78 is 17.8.